The molecule has 4 heteroatoms. The van der Waals surface area contributed by atoms with Crippen molar-refractivity contribution in [3.05, 3.63) is 186 Å². The van der Waals surface area contributed by atoms with Gasteiger partial charge in [0.05, 0.1) is 5.41 Å². The number of nitrogens with zero attached hydrogens (tertiary/aromatic N) is 3. The fraction of sp³-hybridized carbons (Fsp3) is 0.0227. The highest BCUT2D eigenvalue weighted by Gasteiger charge is 2.50. The van der Waals surface area contributed by atoms with Gasteiger partial charge in [0.1, 0.15) is 11.5 Å². The van der Waals surface area contributed by atoms with Gasteiger partial charge >= 0.3 is 0 Å². The number of aromatic nitrogens is 3. The largest absolute Gasteiger partial charge is 0.457 e. The molecule has 1 aliphatic heterocycles. The molecule has 4 nitrogen and oxygen atoms in total. The monoisotopic (exact) mass is 613 g/mol. The first-order valence-corrected chi connectivity index (χ1v) is 16.2. The summed E-state index contributed by atoms with van der Waals surface area (Å²) in [4.78, 5) is 14.9. The zero-order chi connectivity index (χ0) is 31.7. The molecule has 224 valence electrons. The highest BCUT2D eigenvalue weighted by atomic mass is 16.5. The van der Waals surface area contributed by atoms with Gasteiger partial charge in [-0.2, -0.15) is 0 Å². The molecule has 0 amide bonds. The maximum atomic E-state index is 6.71. The first-order valence-electron chi connectivity index (χ1n) is 16.2. The molecule has 1 aromatic heterocycles. The molecule has 1 aliphatic carbocycles. The van der Waals surface area contributed by atoms with Crippen molar-refractivity contribution in [2.75, 3.05) is 0 Å². The van der Waals surface area contributed by atoms with E-state index in [0.29, 0.717) is 17.5 Å². The lowest BCUT2D eigenvalue weighted by Gasteiger charge is -2.39. The molecule has 2 aliphatic rings. The van der Waals surface area contributed by atoms with Crippen LogP contribution in [0, 0.1) is 0 Å². The van der Waals surface area contributed by atoms with Crippen LogP contribution in [-0.4, -0.2) is 15.0 Å². The second-order valence-electron chi connectivity index (χ2n) is 12.4. The molecule has 48 heavy (non-hydrogen) atoms. The fourth-order valence-corrected chi connectivity index (χ4v) is 7.68. The van der Waals surface area contributed by atoms with Gasteiger partial charge in [-0.1, -0.05) is 140 Å². The molecular formula is C44H27N3O. The average Bonchev–Trinajstić information content (AvgIpc) is 3.45. The summed E-state index contributed by atoms with van der Waals surface area (Å²) in [5.74, 6) is 3.69. The first kappa shape index (κ1) is 26.8. The number of ether oxygens (including phenoxy) is 1. The Labute approximate surface area is 278 Å². The maximum absolute atomic E-state index is 6.71. The van der Waals surface area contributed by atoms with Crippen molar-refractivity contribution in [3.8, 4) is 56.8 Å². The van der Waals surface area contributed by atoms with Gasteiger partial charge in [0, 0.05) is 27.8 Å². The second-order valence-corrected chi connectivity index (χ2v) is 12.4. The van der Waals surface area contributed by atoms with Crippen LogP contribution in [0.3, 0.4) is 0 Å². The molecule has 0 saturated carbocycles. The van der Waals surface area contributed by atoms with E-state index in [1.807, 2.05) is 60.7 Å². The molecule has 7 aromatic carbocycles. The predicted octanol–water partition coefficient (Wildman–Crippen LogP) is 10.5. The molecule has 2 heterocycles. The summed E-state index contributed by atoms with van der Waals surface area (Å²) >= 11 is 0. The summed E-state index contributed by atoms with van der Waals surface area (Å²) in [7, 11) is 0. The summed E-state index contributed by atoms with van der Waals surface area (Å²) in [5.41, 5.74) is 9.67. The van der Waals surface area contributed by atoms with Gasteiger partial charge in [-0.15, -0.1) is 0 Å². The van der Waals surface area contributed by atoms with E-state index in [1.165, 1.54) is 22.3 Å². The van der Waals surface area contributed by atoms with Crippen LogP contribution in [0.1, 0.15) is 22.3 Å². The molecule has 1 spiro atoms. The van der Waals surface area contributed by atoms with E-state index < -0.39 is 5.41 Å². The third-order valence-electron chi connectivity index (χ3n) is 9.76. The van der Waals surface area contributed by atoms with Crippen LogP contribution in [0.2, 0.25) is 0 Å². The van der Waals surface area contributed by atoms with Crippen LogP contribution in [0.5, 0.6) is 11.5 Å². The van der Waals surface area contributed by atoms with Crippen molar-refractivity contribution >= 4 is 10.8 Å². The molecule has 0 fully saturated rings. The average molecular weight is 614 g/mol. The van der Waals surface area contributed by atoms with Crippen molar-refractivity contribution in [2.45, 2.75) is 5.41 Å². The van der Waals surface area contributed by atoms with E-state index in [-0.39, 0.29) is 0 Å². The molecule has 0 bridgehead atoms. The lowest BCUT2D eigenvalue weighted by molar-refractivity contribution is 0.437. The van der Waals surface area contributed by atoms with E-state index in [2.05, 4.69) is 103 Å². The van der Waals surface area contributed by atoms with Gasteiger partial charge in [0.2, 0.25) is 0 Å². The SMILES string of the molecule is c1ccc(-c2nc(-c3ccccc3)nc(-c3ccc4cc5c(cc4c3)C3(c4ccccc4O5)c4ccccc4-c4ccccc43)n2)cc1. The topological polar surface area (TPSA) is 47.9 Å². The van der Waals surface area contributed by atoms with E-state index in [4.69, 9.17) is 19.7 Å². The third kappa shape index (κ3) is 3.86. The molecule has 0 saturated heterocycles. The Morgan fingerprint density at radius 1 is 0.354 bits per heavy atom. The number of hydrogen-bond acceptors (Lipinski definition) is 4. The fourth-order valence-electron chi connectivity index (χ4n) is 7.68. The van der Waals surface area contributed by atoms with Gasteiger partial charge in [-0.3, -0.25) is 0 Å². The Hall–Kier alpha value is -6.39. The van der Waals surface area contributed by atoms with Crippen molar-refractivity contribution in [2.24, 2.45) is 0 Å². The minimum Gasteiger partial charge on any atom is -0.457 e. The predicted molar refractivity (Wildman–Crippen MR) is 191 cm³/mol. The van der Waals surface area contributed by atoms with Gasteiger partial charge in [0.25, 0.3) is 0 Å². The highest BCUT2D eigenvalue weighted by molar-refractivity contribution is 5.94. The summed E-state index contributed by atoms with van der Waals surface area (Å²) in [6.45, 7) is 0. The van der Waals surface area contributed by atoms with E-state index in [1.54, 1.807) is 0 Å². The third-order valence-corrected chi connectivity index (χ3v) is 9.76. The van der Waals surface area contributed by atoms with Crippen molar-refractivity contribution in [3.63, 3.8) is 0 Å². The number of benzene rings is 7. The highest BCUT2D eigenvalue weighted by Crippen LogP contribution is 2.62. The molecule has 0 atom stereocenters. The van der Waals surface area contributed by atoms with Crippen LogP contribution in [0.15, 0.2) is 164 Å². The number of fused-ring (bicyclic) bond motifs is 10. The zero-order valence-corrected chi connectivity index (χ0v) is 25.8. The van der Waals surface area contributed by atoms with Crippen LogP contribution in [0.4, 0.5) is 0 Å². The van der Waals surface area contributed by atoms with Crippen molar-refractivity contribution < 1.29 is 4.74 Å². The van der Waals surface area contributed by atoms with Crippen LogP contribution >= 0.6 is 0 Å². The number of para-hydroxylation sites is 1. The van der Waals surface area contributed by atoms with Crippen LogP contribution in [-0.2, 0) is 5.41 Å². The van der Waals surface area contributed by atoms with Gasteiger partial charge in [0.15, 0.2) is 17.5 Å². The van der Waals surface area contributed by atoms with Crippen LogP contribution in [0.25, 0.3) is 56.1 Å². The maximum Gasteiger partial charge on any atom is 0.164 e. The minimum absolute atomic E-state index is 0.518. The van der Waals surface area contributed by atoms with E-state index >= 15 is 0 Å². The molecule has 0 unspecified atom stereocenters. The molecule has 0 N–H and O–H groups in total. The molecule has 0 radical (unpaired) electrons. The Kier molecular flexibility index (Phi) is 5.75. The molecule has 10 rings (SSSR count). The second kappa shape index (κ2) is 10.3. The Balaban J connectivity index is 1.21. The number of rotatable bonds is 3. The van der Waals surface area contributed by atoms with E-state index in [0.717, 1.165) is 50.1 Å². The molecule has 8 aromatic rings. The Morgan fingerprint density at radius 2 is 0.875 bits per heavy atom. The van der Waals surface area contributed by atoms with Crippen molar-refractivity contribution in [1.29, 1.82) is 0 Å². The quantitative estimate of drug-likeness (QED) is 0.199. The van der Waals surface area contributed by atoms with Gasteiger partial charge in [-0.05, 0) is 57.3 Å². The Bertz CT molecular complexity index is 2440. The lowest BCUT2D eigenvalue weighted by atomic mass is 9.66. The smallest absolute Gasteiger partial charge is 0.164 e. The molecular weight excluding hydrogens is 587 g/mol. The summed E-state index contributed by atoms with van der Waals surface area (Å²) < 4.78 is 6.71. The Morgan fingerprint density at radius 3 is 1.50 bits per heavy atom. The van der Waals surface area contributed by atoms with Crippen molar-refractivity contribution in [1.82, 2.24) is 15.0 Å². The normalized spacial score (nSPS) is 13.3. The standard InChI is InChI=1S/C44H27N3O/c1-3-13-28(14-4-1)41-45-42(29-15-5-2-6-16-29)47-43(46-41)31-24-23-30-27-40-38(26-32(30)25-31)44(37-21-11-12-22-39(37)48-40)35-19-9-7-17-33(35)34-18-8-10-20-36(34)44/h1-27H. The van der Waals surface area contributed by atoms with Gasteiger partial charge < -0.3 is 4.74 Å². The van der Waals surface area contributed by atoms with E-state index in [9.17, 15) is 0 Å². The lowest BCUT2D eigenvalue weighted by Crippen LogP contribution is -2.32. The summed E-state index contributed by atoms with van der Waals surface area (Å²) in [6.07, 6.45) is 0. The van der Waals surface area contributed by atoms with Gasteiger partial charge in [-0.25, -0.2) is 15.0 Å². The first-order chi connectivity index (χ1) is 23.8. The minimum atomic E-state index is -0.518. The summed E-state index contributed by atoms with van der Waals surface area (Å²) in [6, 6.07) is 57.3. The number of hydrogen-bond donors (Lipinski definition) is 0. The van der Waals surface area contributed by atoms with Crippen LogP contribution < -0.4 is 4.74 Å². The zero-order valence-electron chi connectivity index (χ0n) is 25.8. The summed E-state index contributed by atoms with van der Waals surface area (Å²) in [5, 5.41) is 2.19.